The maximum Gasteiger partial charge on any atom is 0.125 e. The van der Waals surface area contributed by atoms with E-state index < -0.39 is 0 Å². The average molecular weight is 241 g/mol. The first-order chi connectivity index (χ1) is 8.78. The first-order valence-corrected chi connectivity index (χ1v) is 6.34. The fourth-order valence-corrected chi connectivity index (χ4v) is 2.38. The highest BCUT2D eigenvalue weighted by Crippen LogP contribution is 2.48. The van der Waals surface area contributed by atoms with Crippen molar-refractivity contribution in [3.05, 3.63) is 66.0 Å². The van der Waals surface area contributed by atoms with Crippen molar-refractivity contribution < 1.29 is 4.39 Å². The Morgan fingerprint density at radius 3 is 2.44 bits per heavy atom. The Balaban J connectivity index is 1.71. The van der Waals surface area contributed by atoms with E-state index in [1.807, 2.05) is 12.1 Å². The van der Waals surface area contributed by atoms with E-state index in [0.29, 0.717) is 0 Å². The number of benzene rings is 2. The third-order valence-electron chi connectivity index (χ3n) is 3.70. The SMILES string of the molecule is Fc1cccc(NCC2(c3ccccc3)CC2)c1. The first-order valence-electron chi connectivity index (χ1n) is 6.34. The Morgan fingerprint density at radius 1 is 1.00 bits per heavy atom. The second-order valence-electron chi connectivity index (χ2n) is 5.01. The van der Waals surface area contributed by atoms with Gasteiger partial charge in [0.2, 0.25) is 0 Å². The predicted octanol–water partition coefficient (Wildman–Crippen LogP) is 3.97. The topological polar surface area (TPSA) is 12.0 Å². The van der Waals surface area contributed by atoms with Crippen LogP contribution in [0.25, 0.3) is 0 Å². The molecule has 0 heterocycles. The van der Waals surface area contributed by atoms with Gasteiger partial charge in [0.1, 0.15) is 5.82 Å². The van der Waals surface area contributed by atoms with Crippen LogP contribution in [0.2, 0.25) is 0 Å². The standard InChI is InChI=1S/C16H16FN/c17-14-7-4-8-15(11-14)18-12-16(9-10-16)13-5-2-1-3-6-13/h1-8,11,18H,9-10,12H2. The van der Waals surface area contributed by atoms with Crippen molar-refractivity contribution in [3.8, 4) is 0 Å². The van der Waals surface area contributed by atoms with Crippen LogP contribution in [-0.4, -0.2) is 6.54 Å². The van der Waals surface area contributed by atoms with Gasteiger partial charge in [0.15, 0.2) is 0 Å². The number of hydrogen-bond acceptors (Lipinski definition) is 1. The van der Waals surface area contributed by atoms with Gasteiger partial charge in [0, 0.05) is 17.6 Å². The zero-order valence-electron chi connectivity index (χ0n) is 10.2. The summed E-state index contributed by atoms with van der Waals surface area (Å²) in [6.07, 6.45) is 2.42. The molecule has 1 aliphatic carbocycles. The van der Waals surface area contributed by atoms with Crippen LogP contribution in [-0.2, 0) is 5.41 Å². The third kappa shape index (κ3) is 2.23. The van der Waals surface area contributed by atoms with E-state index in [2.05, 4.69) is 29.6 Å². The molecule has 1 saturated carbocycles. The summed E-state index contributed by atoms with van der Waals surface area (Å²) in [6, 6.07) is 17.2. The summed E-state index contributed by atoms with van der Waals surface area (Å²) in [5.74, 6) is -0.190. The van der Waals surface area contributed by atoms with Gasteiger partial charge in [-0.05, 0) is 36.6 Å². The molecular weight excluding hydrogens is 225 g/mol. The van der Waals surface area contributed by atoms with Crippen LogP contribution in [0.15, 0.2) is 54.6 Å². The largest absolute Gasteiger partial charge is 0.384 e. The minimum Gasteiger partial charge on any atom is -0.384 e. The van der Waals surface area contributed by atoms with Crippen molar-refractivity contribution in [3.63, 3.8) is 0 Å². The highest BCUT2D eigenvalue weighted by molar-refractivity contribution is 5.45. The van der Waals surface area contributed by atoms with Gasteiger partial charge in [-0.25, -0.2) is 4.39 Å². The van der Waals surface area contributed by atoms with Crippen molar-refractivity contribution in [2.75, 3.05) is 11.9 Å². The van der Waals surface area contributed by atoms with E-state index >= 15 is 0 Å². The molecule has 0 aromatic heterocycles. The molecule has 2 heteroatoms. The molecule has 1 aliphatic rings. The summed E-state index contributed by atoms with van der Waals surface area (Å²) in [7, 11) is 0. The molecule has 0 unspecified atom stereocenters. The first kappa shape index (κ1) is 11.3. The van der Waals surface area contributed by atoms with E-state index in [0.717, 1.165) is 12.2 Å². The minimum atomic E-state index is -0.190. The molecule has 0 aliphatic heterocycles. The number of anilines is 1. The summed E-state index contributed by atoms with van der Waals surface area (Å²) in [4.78, 5) is 0. The molecule has 0 radical (unpaired) electrons. The molecule has 0 bridgehead atoms. The Morgan fingerprint density at radius 2 is 1.78 bits per heavy atom. The lowest BCUT2D eigenvalue weighted by molar-refractivity contribution is 0.627. The predicted molar refractivity (Wildman–Crippen MR) is 72.2 cm³/mol. The van der Waals surface area contributed by atoms with Crippen LogP contribution < -0.4 is 5.32 Å². The highest BCUT2D eigenvalue weighted by atomic mass is 19.1. The van der Waals surface area contributed by atoms with Crippen LogP contribution in [0, 0.1) is 5.82 Å². The molecule has 3 rings (SSSR count). The lowest BCUT2D eigenvalue weighted by Gasteiger charge is -2.17. The maximum atomic E-state index is 13.1. The van der Waals surface area contributed by atoms with Gasteiger partial charge in [-0.2, -0.15) is 0 Å². The molecule has 1 nitrogen and oxygen atoms in total. The molecule has 18 heavy (non-hydrogen) atoms. The van der Waals surface area contributed by atoms with E-state index in [-0.39, 0.29) is 11.2 Å². The summed E-state index contributed by atoms with van der Waals surface area (Å²) < 4.78 is 13.1. The Hall–Kier alpha value is -1.83. The maximum absolute atomic E-state index is 13.1. The summed E-state index contributed by atoms with van der Waals surface area (Å²) in [6.45, 7) is 0.875. The normalized spacial score (nSPS) is 16.3. The molecule has 0 amide bonds. The van der Waals surface area contributed by atoms with Gasteiger partial charge in [-0.1, -0.05) is 36.4 Å². The summed E-state index contributed by atoms with van der Waals surface area (Å²) in [5, 5.41) is 3.35. The molecule has 92 valence electrons. The number of nitrogens with one attached hydrogen (secondary N) is 1. The molecule has 2 aromatic rings. The van der Waals surface area contributed by atoms with E-state index in [1.54, 1.807) is 12.1 Å². The fourth-order valence-electron chi connectivity index (χ4n) is 2.38. The smallest absolute Gasteiger partial charge is 0.125 e. The Kier molecular flexibility index (Phi) is 2.78. The number of rotatable bonds is 4. The zero-order chi connectivity index (χ0) is 12.4. The van der Waals surface area contributed by atoms with Crippen LogP contribution in [0.1, 0.15) is 18.4 Å². The van der Waals surface area contributed by atoms with Gasteiger partial charge >= 0.3 is 0 Å². The molecule has 2 aromatic carbocycles. The second kappa shape index (κ2) is 4.45. The third-order valence-corrected chi connectivity index (χ3v) is 3.70. The van der Waals surface area contributed by atoms with E-state index in [1.165, 1.54) is 24.5 Å². The molecule has 0 spiro atoms. The Labute approximate surface area is 107 Å². The van der Waals surface area contributed by atoms with Gasteiger partial charge in [0.25, 0.3) is 0 Å². The van der Waals surface area contributed by atoms with E-state index in [9.17, 15) is 4.39 Å². The van der Waals surface area contributed by atoms with Gasteiger partial charge in [0.05, 0.1) is 0 Å². The molecular formula is C16H16FN. The van der Waals surface area contributed by atoms with Crippen LogP contribution >= 0.6 is 0 Å². The number of halogens is 1. The highest BCUT2D eigenvalue weighted by Gasteiger charge is 2.43. The summed E-state index contributed by atoms with van der Waals surface area (Å²) in [5.41, 5.74) is 2.50. The number of hydrogen-bond donors (Lipinski definition) is 1. The lowest BCUT2D eigenvalue weighted by atomic mass is 9.96. The van der Waals surface area contributed by atoms with Gasteiger partial charge in [-0.15, -0.1) is 0 Å². The average Bonchev–Trinajstić information content (AvgIpc) is 3.19. The van der Waals surface area contributed by atoms with Crippen molar-refractivity contribution in [2.45, 2.75) is 18.3 Å². The minimum absolute atomic E-state index is 0.190. The quantitative estimate of drug-likeness (QED) is 0.854. The molecule has 1 N–H and O–H groups in total. The van der Waals surface area contributed by atoms with Crippen molar-refractivity contribution in [1.82, 2.24) is 0 Å². The van der Waals surface area contributed by atoms with Gasteiger partial charge < -0.3 is 5.32 Å². The molecule has 0 saturated heterocycles. The van der Waals surface area contributed by atoms with Crippen LogP contribution in [0.5, 0.6) is 0 Å². The lowest BCUT2D eigenvalue weighted by Crippen LogP contribution is -2.19. The Bertz CT molecular complexity index is 532. The second-order valence-corrected chi connectivity index (χ2v) is 5.01. The fraction of sp³-hybridized carbons (Fsp3) is 0.250. The zero-order valence-corrected chi connectivity index (χ0v) is 10.2. The monoisotopic (exact) mass is 241 g/mol. The van der Waals surface area contributed by atoms with Crippen LogP contribution in [0.3, 0.4) is 0 Å². The molecule has 1 fully saturated rings. The van der Waals surface area contributed by atoms with E-state index in [4.69, 9.17) is 0 Å². The van der Waals surface area contributed by atoms with Crippen LogP contribution in [0.4, 0.5) is 10.1 Å². The van der Waals surface area contributed by atoms with Crippen molar-refractivity contribution in [2.24, 2.45) is 0 Å². The molecule has 0 atom stereocenters. The summed E-state index contributed by atoms with van der Waals surface area (Å²) >= 11 is 0. The van der Waals surface area contributed by atoms with Crippen molar-refractivity contribution in [1.29, 1.82) is 0 Å². The van der Waals surface area contributed by atoms with Crippen molar-refractivity contribution >= 4 is 5.69 Å². The van der Waals surface area contributed by atoms with Gasteiger partial charge in [-0.3, -0.25) is 0 Å².